The summed E-state index contributed by atoms with van der Waals surface area (Å²) in [5.41, 5.74) is 3.86. The zero-order valence-electron chi connectivity index (χ0n) is 16.9. The first-order valence-electron chi connectivity index (χ1n) is 9.91. The largest absolute Gasteiger partial charge is 0.452 e. The van der Waals surface area contributed by atoms with Crippen molar-refractivity contribution >= 4 is 51.8 Å². The smallest absolute Gasteiger partial charge is 0.339 e. The van der Waals surface area contributed by atoms with E-state index < -0.39 is 24.5 Å². The zero-order valence-corrected chi connectivity index (χ0v) is 17.8. The van der Waals surface area contributed by atoms with E-state index in [4.69, 9.17) is 9.72 Å². The fraction of sp³-hybridized carbons (Fsp3) is 0.217. The van der Waals surface area contributed by atoms with Gasteiger partial charge >= 0.3 is 12.0 Å². The number of fused-ring (bicyclic) bond motifs is 2. The number of hydrogen-bond donors (Lipinski definition) is 2. The molecular weight excluding hydrogens is 414 g/mol. The van der Waals surface area contributed by atoms with Crippen molar-refractivity contribution in [1.82, 2.24) is 15.6 Å². The number of imide groups is 1. The summed E-state index contributed by atoms with van der Waals surface area (Å²) in [5.74, 6) is -1.29. The number of pyridine rings is 1. The van der Waals surface area contributed by atoms with Gasteiger partial charge in [0.25, 0.3) is 5.91 Å². The summed E-state index contributed by atoms with van der Waals surface area (Å²) in [6.07, 6.45) is 4.58. The Labute approximate surface area is 183 Å². The summed E-state index contributed by atoms with van der Waals surface area (Å²) in [6.45, 7) is -0.546. The van der Waals surface area contributed by atoms with Crippen LogP contribution in [0.4, 0.5) is 4.79 Å². The van der Waals surface area contributed by atoms with Crippen LogP contribution < -0.4 is 10.6 Å². The summed E-state index contributed by atoms with van der Waals surface area (Å²) < 4.78 is 5.27. The van der Waals surface area contributed by atoms with E-state index in [1.807, 2.05) is 41.8 Å². The quantitative estimate of drug-likeness (QED) is 0.608. The maximum absolute atomic E-state index is 13.1. The molecule has 0 atom stereocenters. The van der Waals surface area contributed by atoms with E-state index in [1.54, 1.807) is 11.3 Å². The van der Waals surface area contributed by atoms with Gasteiger partial charge in [-0.2, -0.15) is 0 Å². The highest BCUT2D eigenvalue weighted by atomic mass is 32.1. The van der Waals surface area contributed by atoms with Gasteiger partial charge in [0, 0.05) is 17.3 Å². The second kappa shape index (κ2) is 9.09. The maximum Gasteiger partial charge on any atom is 0.339 e. The number of para-hydroxylation sites is 1. The molecule has 3 aromatic rings. The van der Waals surface area contributed by atoms with Crippen molar-refractivity contribution < 1.29 is 19.1 Å². The molecule has 158 valence electrons. The van der Waals surface area contributed by atoms with Crippen LogP contribution in [-0.2, 0) is 16.0 Å². The van der Waals surface area contributed by atoms with E-state index >= 15 is 0 Å². The highest BCUT2D eigenvalue weighted by Crippen LogP contribution is 2.36. The normalized spacial score (nSPS) is 14.2. The molecule has 31 heavy (non-hydrogen) atoms. The molecule has 2 aromatic heterocycles. The van der Waals surface area contributed by atoms with Crippen LogP contribution in [0.25, 0.3) is 22.6 Å². The molecule has 1 aromatic carbocycles. The number of carbonyl (C=O) groups excluding carboxylic acids is 3. The molecule has 0 saturated carbocycles. The van der Waals surface area contributed by atoms with Crippen molar-refractivity contribution in [1.29, 1.82) is 0 Å². The van der Waals surface area contributed by atoms with Gasteiger partial charge in [-0.3, -0.25) is 10.1 Å². The number of benzene rings is 1. The summed E-state index contributed by atoms with van der Waals surface area (Å²) in [4.78, 5) is 42.2. The standard InChI is InChI=1S/C23H21N3O4S/c1-24-23(29)26-19(27)13-30-22(28)20-16-8-2-3-10-18(16)25-21-14(6-4-9-17(20)21)12-15-7-5-11-31-15/h2-3,5,7-8,10-12H,4,6,9,13H2,1H3,(H2,24,26,27,29)/b14-12+. The number of thiophene rings is 1. The highest BCUT2D eigenvalue weighted by Gasteiger charge is 2.26. The Bertz CT molecular complexity index is 1190. The molecule has 1 aliphatic carbocycles. The first-order valence-corrected chi connectivity index (χ1v) is 10.8. The Morgan fingerprint density at radius 2 is 2.00 bits per heavy atom. The number of esters is 1. The van der Waals surface area contributed by atoms with Gasteiger partial charge in [0.05, 0.1) is 16.8 Å². The minimum Gasteiger partial charge on any atom is -0.452 e. The number of aromatic nitrogens is 1. The number of carbonyl (C=O) groups is 3. The third-order valence-corrected chi connectivity index (χ3v) is 5.87. The van der Waals surface area contributed by atoms with Crippen LogP contribution in [0.15, 0.2) is 41.8 Å². The van der Waals surface area contributed by atoms with Crippen molar-refractivity contribution in [3.05, 3.63) is 63.5 Å². The minimum atomic E-state index is -0.696. The van der Waals surface area contributed by atoms with E-state index in [0.29, 0.717) is 22.9 Å². The molecule has 8 heteroatoms. The van der Waals surface area contributed by atoms with Crippen LogP contribution in [0.3, 0.4) is 0 Å². The lowest BCUT2D eigenvalue weighted by atomic mass is 9.86. The third kappa shape index (κ3) is 4.49. The van der Waals surface area contributed by atoms with Crippen LogP contribution in [0, 0.1) is 0 Å². The molecule has 1 aliphatic rings. The second-order valence-corrected chi connectivity index (χ2v) is 8.05. The Morgan fingerprint density at radius 1 is 1.16 bits per heavy atom. The van der Waals surface area contributed by atoms with Gasteiger partial charge in [-0.15, -0.1) is 11.3 Å². The van der Waals surface area contributed by atoms with Crippen molar-refractivity contribution in [3.63, 3.8) is 0 Å². The number of ether oxygens (including phenoxy) is 1. The molecule has 0 saturated heterocycles. The summed E-state index contributed by atoms with van der Waals surface area (Å²) in [7, 11) is 1.39. The second-order valence-electron chi connectivity index (χ2n) is 7.07. The van der Waals surface area contributed by atoms with Crippen molar-refractivity contribution in [2.45, 2.75) is 19.3 Å². The van der Waals surface area contributed by atoms with E-state index in [-0.39, 0.29) is 0 Å². The highest BCUT2D eigenvalue weighted by molar-refractivity contribution is 7.10. The van der Waals surface area contributed by atoms with E-state index in [9.17, 15) is 14.4 Å². The third-order valence-electron chi connectivity index (χ3n) is 5.05. The molecule has 0 radical (unpaired) electrons. The Morgan fingerprint density at radius 3 is 2.77 bits per heavy atom. The van der Waals surface area contributed by atoms with Crippen molar-refractivity contribution in [2.24, 2.45) is 0 Å². The topological polar surface area (TPSA) is 97.4 Å². The predicted octanol–water partition coefficient (Wildman–Crippen LogP) is 3.79. The molecule has 0 spiro atoms. The molecule has 2 N–H and O–H groups in total. The predicted molar refractivity (Wildman–Crippen MR) is 120 cm³/mol. The molecule has 0 bridgehead atoms. The van der Waals surface area contributed by atoms with Crippen LogP contribution in [0.5, 0.6) is 0 Å². The summed E-state index contributed by atoms with van der Waals surface area (Å²) in [5, 5.41) is 7.07. The Hall–Kier alpha value is -3.52. The fourth-order valence-electron chi connectivity index (χ4n) is 3.68. The zero-order chi connectivity index (χ0) is 21.8. The van der Waals surface area contributed by atoms with Crippen molar-refractivity contribution in [3.8, 4) is 0 Å². The molecular formula is C23H21N3O4S. The van der Waals surface area contributed by atoms with Gasteiger partial charge in [-0.05, 0) is 54.0 Å². The summed E-state index contributed by atoms with van der Waals surface area (Å²) in [6, 6.07) is 10.8. The van der Waals surface area contributed by atoms with Gasteiger partial charge in [0.15, 0.2) is 6.61 Å². The van der Waals surface area contributed by atoms with Crippen LogP contribution >= 0.6 is 11.3 Å². The number of hydrogen-bond acceptors (Lipinski definition) is 6. The lowest BCUT2D eigenvalue weighted by Gasteiger charge is -2.22. The fourth-order valence-corrected chi connectivity index (χ4v) is 4.36. The number of nitrogens with zero attached hydrogens (tertiary/aromatic N) is 1. The first-order chi connectivity index (χ1) is 15.1. The Kier molecular flexibility index (Phi) is 6.08. The van der Waals surface area contributed by atoms with Crippen LogP contribution in [0.1, 0.15) is 39.3 Å². The van der Waals surface area contributed by atoms with Gasteiger partial charge in [0.1, 0.15) is 0 Å². The number of allylic oxidation sites excluding steroid dienone is 1. The number of amides is 3. The number of urea groups is 1. The van der Waals surface area contributed by atoms with Gasteiger partial charge in [-0.25, -0.2) is 14.6 Å². The molecule has 0 fully saturated rings. The van der Waals surface area contributed by atoms with Gasteiger partial charge in [0.2, 0.25) is 0 Å². The van der Waals surface area contributed by atoms with Crippen molar-refractivity contribution in [2.75, 3.05) is 13.7 Å². The molecule has 0 aliphatic heterocycles. The lowest BCUT2D eigenvalue weighted by molar-refractivity contribution is -0.123. The molecule has 3 amide bonds. The van der Waals surface area contributed by atoms with E-state index in [2.05, 4.69) is 16.7 Å². The molecule has 4 rings (SSSR count). The molecule has 0 unspecified atom stereocenters. The van der Waals surface area contributed by atoms with E-state index in [0.717, 1.165) is 34.5 Å². The van der Waals surface area contributed by atoms with Gasteiger partial charge < -0.3 is 10.1 Å². The molecule has 2 heterocycles. The summed E-state index contributed by atoms with van der Waals surface area (Å²) >= 11 is 1.65. The SMILES string of the molecule is CNC(=O)NC(=O)COC(=O)c1c2c(nc3ccccc13)/C(=C/c1cccs1)CCC2. The number of nitrogens with one attached hydrogen (secondary N) is 2. The minimum absolute atomic E-state index is 0.435. The maximum atomic E-state index is 13.1. The van der Waals surface area contributed by atoms with Gasteiger partial charge in [-0.1, -0.05) is 24.3 Å². The monoisotopic (exact) mass is 435 g/mol. The lowest BCUT2D eigenvalue weighted by Crippen LogP contribution is -2.39. The average molecular weight is 436 g/mol. The molecule has 7 nitrogen and oxygen atoms in total. The van der Waals surface area contributed by atoms with E-state index in [1.165, 1.54) is 7.05 Å². The Balaban J connectivity index is 1.72. The average Bonchev–Trinajstić information content (AvgIpc) is 3.29. The van der Waals surface area contributed by atoms with Crippen LogP contribution in [0.2, 0.25) is 0 Å². The van der Waals surface area contributed by atoms with Crippen LogP contribution in [-0.4, -0.2) is 36.5 Å². The first kappa shape index (κ1) is 20.7. The number of rotatable bonds is 4.